The van der Waals surface area contributed by atoms with Crippen LogP contribution in [0, 0.1) is 0 Å². The van der Waals surface area contributed by atoms with Crippen molar-refractivity contribution in [1.29, 1.82) is 0 Å². The highest BCUT2D eigenvalue weighted by Crippen LogP contribution is 2.26. The van der Waals surface area contributed by atoms with Gasteiger partial charge in [0, 0.05) is 43.4 Å². The second-order valence-electron chi connectivity index (χ2n) is 9.84. The summed E-state index contributed by atoms with van der Waals surface area (Å²) in [5, 5.41) is 10.8. The van der Waals surface area contributed by atoms with Gasteiger partial charge in [0.1, 0.15) is 0 Å². The number of nitrogens with zero attached hydrogens (tertiary/aromatic N) is 6. The smallest absolute Gasteiger partial charge is 0.261 e. The molecule has 0 radical (unpaired) electrons. The summed E-state index contributed by atoms with van der Waals surface area (Å²) < 4.78 is 0. The number of thiazole rings is 1. The molecule has 0 saturated carbocycles. The summed E-state index contributed by atoms with van der Waals surface area (Å²) in [5.41, 5.74) is 3.31. The van der Waals surface area contributed by atoms with Crippen molar-refractivity contribution in [3.63, 3.8) is 0 Å². The molecule has 4 amide bonds. The van der Waals surface area contributed by atoms with Gasteiger partial charge in [0.25, 0.3) is 23.6 Å². The number of fused-ring (bicyclic) bond motifs is 2. The standard InChI is InChI=1S/C31H26N6O4S/c38-27-23-7-1-2-8-24(23)28(39)36(27)18-5-16-35(22-13-11-21(12-14-22)33-34-31-32-15-20-42-31)17-6-19-37-29(40)25-9-3-4-10-26(25)30(37)41/h1-4,7-15,20H,5-6,16-19H2. The number of hydrogen-bond acceptors (Lipinski definition) is 9. The molecule has 0 N–H and O–H groups in total. The van der Waals surface area contributed by atoms with E-state index in [2.05, 4.69) is 20.1 Å². The third kappa shape index (κ3) is 5.34. The van der Waals surface area contributed by atoms with Crippen LogP contribution in [0.2, 0.25) is 0 Å². The monoisotopic (exact) mass is 578 g/mol. The zero-order chi connectivity index (χ0) is 29.1. The molecule has 42 heavy (non-hydrogen) atoms. The maximum absolute atomic E-state index is 12.8. The Bertz CT molecular complexity index is 1530. The minimum atomic E-state index is -0.275. The first-order chi connectivity index (χ1) is 20.5. The van der Waals surface area contributed by atoms with Crippen LogP contribution in [0.4, 0.5) is 16.5 Å². The van der Waals surface area contributed by atoms with E-state index in [0.717, 1.165) is 5.69 Å². The fourth-order valence-corrected chi connectivity index (χ4v) is 5.64. The Morgan fingerprint density at radius 2 is 1.12 bits per heavy atom. The summed E-state index contributed by atoms with van der Waals surface area (Å²) in [7, 11) is 0. The molecular weight excluding hydrogens is 552 g/mol. The summed E-state index contributed by atoms with van der Waals surface area (Å²) >= 11 is 1.40. The third-order valence-corrected chi connectivity index (χ3v) is 7.92. The molecule has 0 atom stereocenters. The molecule has 6 rings (SSSR count). The quantitative estimate of drug-likeness (QED) is 0.166. The molecule has 2 aliphatic rings. The average Bonchev–Trinajstić information content (AvgIpc) is 3.70. The molecule has 11 heteroatoms. The molecule has 3 aromatic carbocycles. The Labute approximate surface area is 245 Å². The van der Waals surface area contributed by atoms with Crippen LogP contribution in [0.3, 0.4) is 0 Å². The van der Waals surface area contributed by atoms with Crippen LogP contribution < -0.4 is 4.90 Å². The van der Waals surface area contributed by atoms with Crippen molar-refractivity contribution >= 4 is 51.5 Å². The van der Waals surface area contributed by atoms with E-state index in [1.807, 2.05) is 29.6 Å². The lowest BCUT2D eigenvalue weighted by Crippen LogP contribution is -2.36. The van der Waals surface area contributed by atoms with Gasteiger partial charge in [-0.15, -0.1) is 21.6 Å². The first-order valence-electron chi connectivity index (χ1n) is 13.6. The van der Waals surface area contributed by atoms with Crippen molar-refractivity contribution < 1.29 is 19.2 Å². The second kappa shape index (κ2) is 11.8. The molecule has 210 valence electrons. The maximum atomic E-state index is 12.8. The average molecular weight is 579 g/mol. The van der Waals surface area contributed by atoms with E-state index in [0.29, 0.717) is 59.0 Å². The molecule has 10 nitrogen and oxygen atoms in total. The normalized spacial score (nSPS) is 14.3. The highest BCUT2D eigenvalue weighted by molar-refractivity contribution is 7.13. The number of azo groups is 1. The van der Waals surface area contributed by atoms with Crippen molar-refractivity contribution in [3.05, 3.63) is 107 Å². The molecule has 0 aliphatic carbocycles. The minimum Gasteiger partial charge on any atom is -0.371 e. The van der Waals surface area contributed by atoms with Gasteiger partial charge in [-0.05, 0) is 61.4 Å². The van der Waals surface area contributed by atoms with Gasteiger partial charge in [-0.2, -0.15) is 0 Å². The van der Waals surface area contributed by atoms with E-state index in [9.17, 15) is 19.2 Å². The Kier molecular flexibility index (Phi) is 7.65. The second-order valence-corrected chi connectivity index (χ2v) is 10.7. The fourth-order valence-electron chi connectivity index (χ4n) is 5.19. The number of rotatable bonds is 11. The number of aromatic nitrogens is 1. The third-order valence-electron chi connectivity index (χ3n) is 7.26. The Morgan fingerprint density at radius 1 is 0.643 bits per heavy atom. The molecule has 4 aromatic rings. The molecular formula is C31H26N6O4S. The molecule has 2 aliphatic heterocycles. The van der Waals surface area contributed by atoms with Crippen LogP contribution in [0.5, 0.6) is 0 Å². The van der Waals surface area contributed by atoms with Gasteiger partial charge in [-0.3, -0.25) is 29.0 Å². The Morgan fingerprint density at radius 3 is 1.55 bits per heavy atom. The predicted molar refractivity (Wildman–Crippen MR) is 158 cm³/mol. The Hall–Kier alpha value is -5.03. The molecule has 0 unspecified atom stereocenters. The number of benzene rings is 3. The van der Waals surface area contributed by atoms with Crippen molar-refractivity contribution in [3.8, 4) is 0 Å². The summed E-state index contributed by atoms with van der Waals surface area (Å²) in [6.45, 7) is 1.66. The van der Waals surface area contributed by atoms with E-state index < -0.39 is 0 Å². The molecule has 0 bridgehead atoms. The lowest BCUT2D eigenvalue weighted by Gasteiger charge is -2.27. The number of anilines is 1. The highest BCUT2D eigenvalue weighted by atomic mass is 32.1. The van der Waals surface area contributed by atoms with Gasteiger partial charge in [0.2, 0.25) is 5.13 Å². The van der Waals surface area contributed by atoms with Gasteiger partial charge in [-0.25, -0.2) is 4.98 Å². The molecule has 0 spiro atoms. The van der Waals surface area contributed by atoms with Gasteiger partial charge in [0.15, 0.2) is 0 Å². The van der Waals surface area contributed by atoms with Crippen molar-refractivity contribution in [2.24, 2.45) is 10.2 Å². The van der Waals surface area contributed by atoms with Crippen LogP contribution >= 0.6 is 11.3 Å². The number of imide groups is 2. The first kappa shape index (κ1) is 27.2. The van der Waals surface area contributed by atoms with E-state index in [4.69, 9.17) is 0 Å². The summed E-state index contributed by atoms with van der Waals surface area (Å²) in [6, 6.07) is 21.3. The summed E-state index contributed by atoms with van der Waals surface area (Å²) in [4.78, 5) is 60.1. The van der Waals surface area contributed by atoms with Gasteiger partial charge >= 0.3 is 0 Å². The van der Waals surface area contributed by atoms with Crippen LogP contribution in [-0.2, 0) is 0 Å². The largest absolute Gasteiger partial charge is 0.371 e. The van der Waals surface area contributed by atoms with E-state index in [1.165, 1.54) is 21.1 Å². The summed E-state index contributed by atoms with van der Waals surface area (Å²) in [5.74, 6) is -1.10. The van der Waals surface area contributed by atoms with Gasteiger partial charge < -0.3 is 4.90 Å². The SMILES string of the molecule is O=C1c2ccccc2C(=O)N1CCCN(CCCN1C(=O)c2ccccc2C1=O)c1ccc(N=Nc2nccs2)cc1. The molecule has 0 fully saturated rings. The first-order valence-corrected chi connectivity index (χ1v) is 14.5. The van der Waals surface area contributed by atoms with Crippen LogP contribution in [0.25, 0.3) is 0 Å². The minimum absolute atomic E-state index is 0.275. The van der Waals surface area contributed by atoms with Gasteiger partial charge in [0.05, 0.1) is 27.9 Å². The van der Waals surface area contributed by atoms with Crippen LogP contribution in [0.1, 0.15) is 54.3 Å². The molecule has 1 aromatic heterocycles. The number of carbonyl (C=O) groups is 4. The van der Waals surface area contributed by atoms with E-state index in [-0.39, 0.29) is 36.7 Å². The lowest BCUT2D eigenvalue weighted by atomic mass is 10.1. The van der Waals surface area contributed by atoms with Crippen molar-refractivity contribution in [2.75, 3.05) is 31.1 Å². The van der Waals surface area contributed by atoms with Crippen LogP contribution in [0.15, 0.2) is 94.6 Å². The highest BCUT2D eigenvalue weighted by Gasteiger charge is 2.35. The Balaban J connectivity index is 1.12. The number of carbonyl (C=O) groups excluding carboxylic acids is 4. The zero-order valence-corrected chi connectivity index (χ0v) is 23.4. The topological polar surface area (TPSA) is 116 Å². The van der Waals surface area contributed by atoms with Crippen molar-refractivity contribution in [2.45, 2.75) is 12.8 Å². The van der Waals surface area contributed by atoms with Crippen LogP contribution in [-0.4, -0.2) is 64.6 Å². The number of hydrogen-bond donors (Lipinski definition) is 0. The summed E-state index contributed by atoms with van der Waals surface area (Å²) in [6.07, 6.45) is 2.76. The van der Waals surface area contributed by atoms with E-state index in [1.54, 1.807) is 54.7 Å². The van der Waals surface area contributed by atoms with Crippen molar-refractivity contribution in [1.82, 2.24) is 14.8 Å². The molecule has 3 heterocycles. The van der Waals surface area contributed by atoms with Gasteiger partial charge in [-0.1, -0.05) is 24.3 Å². The predicted octanol–water partition coefficient (Wildman–Crippen LogP) is 5.74. The maximum Gasteiger partial charge on any atom is 0.261 e. The molecule has 0 saturated heterocycles. The fraction of sp³-hybridized carbons (Fsp3) is 0.194. The number of amides is 4. The lowest BCUT2D eigenvalue weighted by molar-refractivity contribution is 0.0640. The zero-order valence-electron chi connectivity index (χ0n) is 22.6. The van der Waals surface area contributed by atoms with E-state index >= 15 is 0 Å².